The van der Waals surface area contributed by atoms with E-state index < -0.39 is 0 Å². The third-order valence-electron chi connectivity index (χ3n) is 6.42. The maximum atomic E-state index is 12.4. The van der Waals surface area contributed by atoms with E-state index in [9.17, 15) is 4.79 Å². The topological polar surface area (TPSA) is 54.7 Å². The highest BCUT2D eigenvalue weighted by molar-refractivity contribution is 5.93. The average molecular weight is 332 g/mol. The summed E-state index contributed by atoms with van der Waals surface area (Å²) in [6.45, 7) is 4.58. The molecule has 2 saturated carbocycles. The molecule has 24 heavy (non-hydrogen) atoms. The summed E-state index contributed by atoms with van der Waals surface area (Å²) >= 11 is 0. The normalized spacial score (nSPS) is 29.3. The highest BCUT2D eigenvalue weighted by Gasteiger charge is 2.59. The summed E-state index contributed by atoms with van der Waals surface area (Å²) in [4.78, 5) is 14.3. The monoisotopic (exact) mass is 332 g/mol. The average Bonchev–Trinajstić information content (AvgIpc) is 3.06. The predicted octanol–water partition coefficient (Wildman–Crippen LogP) is 2.82. The van der Waals surface area contributed by atoms with E-state index in [0.29, 0.717) is 29.2 Å². The Bertz CT molecular complexity index is 559. The van der Waals surface area contributed by atoms with Crippen molar-refractivity contribution in [3.8, 4) is 0 Å². The van der Waals surface area contributed by atoms with Crippen molar-refractivity contribution in [3.05, 3.63) is 24.2 Å². The van der Waals surface area contributed by atoms with E-state index >= 15 is 0 Å². The summed E-state index contributed by atoms with van der Waals surface area (Å²) < 4.78 is 11.0. The van der Waals surface area contributed by atoms with Gasteiger partial charge < -0.3 is 19.4 Å². The Kier molecular flexibility index (Phi) is 4.39. The van der Waals surface area contributed by atoms with Crippen molar-refractivity contribution in [1.29, 1.82) is 0 Å². The minimum absolute atomic E-state index is 0.0951. The molecule has 3 aliphatic rings. The van der Waals surface area contributed by atoms with Crippen molar-refractivity contribution in [2.75, 3.05) is 19.7 Å². The van der Waals surface area contributed by atoms with Crippen LogP contribution in [0.2, 0.25) is 0 Å². The van der Waals surface area contributed by atoms with Crippen LogP contribution in [0, 0.1) is 5.41 Å². The van der Waals surface area contributed by atoms with Gasteiger partial charge in [-0.1, -0.05) is 6.42 Å². The fourth-order valence-electron chi connectivity index (χ4n) is 4.77. The first-order valence-electron chi connectivity index (χ1n) is 9.42. The fourth-order valence-corrected chi connectivity index (χ4v) is 4.77. The fraction of sp³-hybridized carbons (Fsp3) is 0.737. The van der Waals surface area contributed by atoms with E-state index in [1.807, 2.05) is 4.90 Å². The molecule has 0 unspecified atom stereocenters. The molecule has 2 heterocycles. The summed E-state index contributed by atoms with van der Waals surface area (Å²) in [5.41, 5.74) is 1.08. The zero-order chi connectivity index (χ0) is 16.6. The summed E-state index contributed by atoms with van der Waals surface area (Å²) in [5, 5.41) is 3.89. The third kappa shape index (κ3) is 2.68. The highest BCUT2D eigenvalue weighted by atomic mass is 16.5. The van der Waals surface area contributed by atoms with Gasteiger partial charge in [-0.2, -0.15) is 0 Å². The summed E-state index contributed by atoms with van der Waals surface area (Å²) in [7, 11) is 0. The van der Waals surface area contributed by atoms with E-state index in [1.165, 1.54) is 25.5 Å². The molecule has 132 valence electrons. The van der Waals surface area contributed by atoms with E-state index in [4.69, 9.17) is 9.15 Å². The van der Waals surface area contributed by atoms with E-state index in [1.54, 1.807) is 12.3 Å². The maximum absolute atomic E-state index is 12.4. The molecule has 1 aliphatic heterocycles. The quantitative estimate of drug-likeness (QED) is 0.901. The first kappa shape index (κ1) is 16.2. The lowest BCUT2D eigenvalue weighted by Crippen LogP contribution is -2.68. The van der Waals surface area contributed by atoms with Crippen molar-refractivity contribution in [2.45, 2.75) is 63.6 Å². The smallest absolute Gasteiger partial charge is 0.257 e. The van der Waals surface area contributed by atoms with E-state index in [-0.39, 0.29) is 5.91 Å². The molecule has 1 spiro atoms. The first-order chi connectivity index (χ1) is 11.7. The molecule has 1 N–H and O–H groups in total. The Labute approximate surface area is 143 Å². The molecular weight excluding hydrogens is 304 g/mol. The number of rotatable bonds is 5. The number of hydrogen-bond acceptors (Lipinski definition) is 4. The molecule has 2 atom stereocenters. The molecule has 5 heteroatoms. The van der Waals surface area contributed by atoms with Crippen LogP contribution in [0.5, 0.6) is 0 Å². The van der Waals surface area contributed by atoms with Gasteiger partial charge in [0.2, 0.25) is 0 Å². The molecule has 4 rings (SSSR count). The van der Waals surface area contributed by atoms with Crippen molar-refractivity contribution in [1.82, 2.24) is 10.2 Å². The number of ether oxygens (including phenoxy) is 1. The van der Waals surface area contributed by atoms with Crippen molar-refractivity contribution >= 4 is 5.91 Å². The maximum Gasteiger partial charge on any atom is 0.257 e. The van der Waals surface area contributed by atoms with Gasteiger partial charge in [0.05, 0.1) is 17.9 Å². The van der Waals surface area contributed by atoms with Gasteiger partial charge in [-0.25, -0.2) is 0 Å². The molecule has 0 bridgehead atoms. The highest BCUT2D eigenvalue weighted by Crippen LogP contribution is 2.57. The second-order valence-corrected chi connectivity index (χ2v) is 7.56. The molecule has 1 aromatic heterocycles. The standard InChI is InChI=1S/C19H28N2O3/c1-2-24-17-12-16(19(17)7-3-8-19)20-15-4-9-21(10-5-15)18(22)14-6-11-23-13-14/h6,11,13,15-17,20H,2-5,7-10,12H2,1H3/t16-,17+/m0/s1. The van der Waals surface area contributed by atoms with Crippen LogP contribution in [0.25, 0.3) is 0 Å². The third-order valence-corrected chi connectivity index (χ3v) is 6.42. The van der Waals surface area contributed by atoms with Crippen molar-refractivity contribution < 1.29 is 13.9 Å². The molecule has 1 saturated heterocycles. The SMILES string of the molecule is CCO[C@@H]1C[C@H](NC2CCN(C(=O)c3ccoc3)CC2)C12CCC2. The number of likely N-dealkylation sites (tertiary alicyclic amines) is 1. The van der Waals surface area contributed by atoms with Crippen LogP contribution in [0.1, 0.15) is 55.8 Å². The van der Waals surface area contributed by atoms with Crippen LogP contribution in [-0.2, 0) is 4.74 Å². The van der Waals surface area contributed by atoms with Crippen LogP contribution >= 0.6 is 0 Å². The van der Waals surface area contributed by atoms with Gasteiger partial charge in [0.1, 0.15) is 6.26 Å². The number of furan rings is 1. The lowest BCUT2D eigenvalue weighted by atomic mass is 9.51. The zero-order valence-corrected chi connectivity index (χ0v) is 14.5. The van der Waals surface area contributed by atoms with Crippen molar-refractivity contribution in [3.63, 3.8) is 0 Å². The van der Waals surface area contributed by atoms with Gasteiger partial charge in [-0.05, 0) is 45.1 Å². The molecule has 5 nitrogen and oxygen atoms in total. The lowest BCUT2D eigenvalue weighted by molar-refractivity contribution is -0.175. The van der Waals surface area contributed by atoms with Gasteiger partial charge >= 0.3 is 0 Å². The van der Waals surface area contributed by atoms with Gasteiger partial charge in [-0.15, -0.1) is 0 Å². The molecular formula is C19H28N2O3. The van der Waals surface area contributed by atoms with E-state index in [2.05, 4.69) is 12.2 Å². The number of piperidine rings is 1. The lowest BCUT2D eigenvalue weighted by Gasteiger charge is -2.62. The Morgan fingerprint density at radius 3 is 2.79 bits per heavy atom. The zero-order valence-electron chi connectivity index (χ0n) is 14.5. The summed E-state index contributed by atoms with van der Waals surface area (Å²) in [6, 6.07) is 2.89. The van der Waals surface area contributed by atoms with Gasteiger partial charge in [0.15, 0.2) is 0 Å². The Balaban J connectivity index is 1.27. The molecule has 3 fully saturated rings. The molecule has 1 aromatic rings. The van der Waals surface area contributed by atoms with E-state index in [0.717, 1.165) is 39.0 Å². The first-order valence-corrected chi connectivity index (χ1v) is 9.42. The Morgan fingerprint density at radius 2 is 2.21 bits per heavy atom. The Morgan fingerprint density at radius 1 is 1.42 bits per heavy atom. The number of amides is 1. The van der Waals surface area contributed by atoms with Crippen LogP contribution in [0.15, 0.2) is 23.0 Å². The van der Waals surface area contributed by atoms with Crippen LogP contribution in [-0.4, -0.2) is 48.7 Å². The number of nitrogens with one attached hydrogen (secondary N) is 1. The second kappa shape index (κ2) is 6.52. The number of carbonyl (C=O) groups is 1. The Hall–Kier alpha value is -1.33. The molecule has 0 aromatic carbocycles. The van der Waals surface area contributed by atoms with Crippen molar-refractivity contribution in [2.24, 2.45) is 5.41 Å². The van der Waals surface area contributed by atoms with Gasteiger partial charge in [0.25, 0.3) is 5.91 Å². The molecule has 1 amide bonds. The number of carbonyl (C=O) groups excluding carboxylic acids is 1. The molecule has 2 aliphatic carbocycles. The molecule has 0 radical (unpaired) electrons. The second-order valence-electron chi connectivity index (χ2n) is 7.56. The minimum atomic E-state index is 0.0951. The van der Waals surface area contributed by atoms with Gasteiger partial charge in [0, 0.05) is 37.2 Å². The van der Waals surface area contributed by atoms with Crippen LogP contribution in [0.4, 0.5) is 0 Å². The minimum Gasteiger partial charge on any atom is -0.472 e. The number of nitrogens with zero attached hydrogens (tertiary/aromatic N) is 1. The van der Waals surface area contributed by atoms with Crippen LogP contribution in [0.3, 0.4) is 0 Å². The van der Waals surface area contributed by atoms with Gasteiger partial charge in [-0.3, -0.25) is 4.79 Å². The van der Waals surface area contributed by atoms with Crippen LogP contribution < -0.4 is 5.32 Å². The summed E-state index contributed by atoms with van der Waals surface area (Å²) in [5.74, 6) is 0.0951. The largest absolute Gasteiger partial charge is 0.472 e. The number of hydrogen-bond donors (Lipinski definition) is 1. The predicted molar refractivity (Wildman–Crippen MR) is 90.9 cm³/mol. The summed E-state index contributed by atoms with van der Waals surface area (Å²) in [6.07, 6.45) is 10.8.